The van der Waals surface area contributed by atoms with E-state index in [0.717, 1.165) is 40.6 Å². The van der Waals surface area contributed by atoms with Gasteiger partial charge in [-0.3, -0.25) is 4.79 Å². The minimum atomic E-state index is -0.453. The van der Waals surface area contributed by atoms with Gasteiger partial charge in [-0.25, -0.2) is 4.98 Å². The zero-order valence-corrected chi connectivity index (χ0v) is 17.8. The Bertz CT molecular complexity index is 1100. The van der Waals surface area contributed by atoms with Crippen molar-refractivity contribution in [2.24, 2.45) is 5.92 Å². The summed E-state index contributed by atoms with van der Waals surface area (Å²) >= 11 is 6.42. The fourth-order valence-corrected chi connectivity index (χ4v) is 4.33. The van der Waals surface area contributed by atoms with E-state index >= 15 is 0 Å². The second kappa shape index (κ2) is 8.26. The van der Waals surface area contributed by atoms with E-state index in [1.165, 1.54) is 0 Å². The highest BCUT2D eigenvalue weighted by Gasteiger charge is 2.31. The third-order valence-corrected chi connectivity index (χ3v) is 6.04. The van der Waals surface area contributed by atoms with Crippen LogP contribution in [-0.2, 0) is 0 Å². The Morgan fingerprint density at radius 1 is 1.37 bits per heavy atom. The average molecular weight is 423 g/mol. The van der Waals surface area contributed by atoms with Gasteiger partial charge in [0.2, 0.25) is 0 Å². The van der Waals surface area contributed by atoms with Gasteiger partial charge >= 0.3 is 7.05 Å². The molecule has 3 aromatic rings. The lowest BCUT2D eigenvalue weighted by Gasteiger charge is -2.40. The summed E-state index contributed by atoms with van der Waals surface area (Å²) in [4.78, 5) is 19.1. The number of nitrogens with zero attached hydrogens (tertiary/aromatic N) is 2. The first-order valence-electron chi connectivity index (χ1n) is 9.99. The second-order valence-corrected chi connectivity index (χ2v) is 8.32. The molecule has 0 unspecified atom stereocenters. The molecule has 1 amide bonds. The lowest BCUT2D eigenvalue weighted by Crippen LogP contribution is -2.56. The van der Waals surface area contributed by atoms with Crippen molar-refractivity contribution >= 4 is 41.1 Å². The number of benzene rings is 2. The van der Waals surface area contributed by atoms with Crippen molar-refractivity contribution in [3.8, 4) is 11.1 Å². The first kappa shape index (κ1) is 20.7. The number of nitrogen functional groups attached to an aromatic ring is 1. The van der Waals surface area contributed by atoms with Gasteiger partial charge in [0, 0.05) is 28.7 Å². The van der Waals surface area contributed by atoms with Crippen molar-refractivity contribution in [3.63, 3.8) is 0 Å². The van der Waals surface area contributed by atoms with E-state index in [4.69, 9.17) is 17.3 Å². The third-order valence-electron chi connectivity index (χ3n) is 5.72. The van der Waals surface area contributed by atoms with Crippen LogP contribution < -0.4 is 11.1 Å². The third kappa shape index (κ3) is 3.88. The van der Waals surface area contributed by atoms with Crippen molar-refractivity contribution in [2.75, 3.05) is 25.4 Å². The van der Waals surface area contributed by atoms with E-state index in [1.54, 1.807) is 13.0 Å². The number of amides is 1. The number of carbonyl (C=O) groups is 1. The van der Waals surface area contributed by atoms with Crippen LogP contribution in [0.15, 0.2) is 42.6 Å². The Balaban J connectivity index is 1.59. The van der Waals surface area contributed by atoms with E-state index in [1.807, 2.05) is 48.1 Å². The molecule has 0 atom stereocenters. The van der Waals surface area contributed by atoms with Crippen LogP contribution in [0, 0.1) is 12.8 Å². The van der Waals surface area contributed by atoms with Crippen LogP contribution in [0.3, 0.4) is 0 Å². The van der Waals surface area contributed by atoms with Crippen LogP contribution in [0.2, 0.25) is 11.8 Å². The van der Waals surface area contributed by atoms with Gasteiger partial charge in [0.1, 0.15) is 5.82 Å². The van der Waals surface area contributed by atoms with Crippen LogP contribution in [0.1, 0.15) is 15.9 Å². The van der Waals surface area contributed by atoms with Crippen LogP contribution in [0.5, 0.6) is 0 Å². The molecule has 1 aliphatic rings. The lowest BCUT2D eigenvalue weighted by molar-refractivity contribution is 0.0926. The molecule has 1 fully saturated rings. The SMILES string of the molecule is CB(O)N1CC(CNC(=O)c2c(N)ncc3cc(-c4c(C)cccc4Cl)ccc23)C1. The molecule has 0 aliphatic carbocycles. The number of nitrogens with two attached hydrogens (primary N) is 1. The largest absolute Gasteiger partial charge is 0.437 e. The standard InChI is InChI=1S/C22H24BClN4O2/c1-13-4-3-5-18(24)19(13)15-6-7-17-16(8-15)10-26-21(25)20(17)22(29)27-9-14-11-28(12-14)23(2)30/h3-8,10,14,30H,9,11-12H2,1-2H3,(H2,25,26)(H,27,29). The second-order valence-electron chi connectivity index (χ2n) is 7.91. The van der Waals surface area contributed by atoms with E-state index < -0.39 is 7.05 Å². The zero-order valence-electron chi connectivity index (χ0n) is 17.0. The molecule has 0 bridgehead atoms. The number of aromatic nitrogens is 1. The Hall–Kier alpha value is -2.61. The van der Waals surface area contributed by atoms with E-state index in [0.29, 0.717) is 23.0 Å². The number of carbonyl (C=O) groups excluding carboxylic acids is 1. The number of nitrogens with one attached hydrogen (secondary N) is 1. The smallest absolute Gasteiger partial charge is 0.376 e. The van der Waals surface area contributed by atoms with Crippen molar-refractivity contribution in [2.45, 2.75) is 13.7 Å². The number of rotatable bonds is 5. The highest BCUT2D eigenvalue weighted by molar-refractivity contribution is 6.45. The van der Waals surface area contributed by atoms with Crippen molar-refractivity contribution in [3.05, 3.63) is 58.7 Å². The topological polar surface area (TPSA) is 91.5 Å². The molecule has 4 N–H and O–H groups in total. The predicted molar refractivity (Wildman–Crippen MR) is 123 cm³/mol. The van der Waals surface area contributed by atoms with E-state index in [-0.39, 0.29) is 11.7 Å². The molecule has 154 valence electrons. The Kier molecular flexibility index (Phi) is 5.69. The predicted octanol–water partition coefficient (Wildman–Crippen LogP) is 3.22. The van der Waals surface area contributed by atoms with Gasteiger partial charge in [-0.15, -0.1) is 0 Å². The molecule has 2 heterocycles. The van der Waals surface area contributed by atoms with E-state index in [2.05, 4.69) is 10.3 Å². The summed E-state index contributed by atoms with van der Waals surface area (Å²) in [7, 11) is -0.453. The zero-order chi connectivity index (χ0) is 21.4. The van der Waals surface area contributed by atoms with Crippen LogP contribution >= 0.6 is 11.6 Å². The summed E-state index contributed by atoms with van der Waals surface area (Å²) in [5.74, 6) is 0.297. The number of fused-ring (bicyclic) bond motifs is 1. The minimum absolute atomic E-state index is 0.209. The summed E-state index contributed by atoms with van der Waals surface area (Å²) < 4.78 is 0. The quantitative estimate of drug-likeness (QED) is 0.549. The first-order chi connectivity index (χ1) is 14.3. The number of hydrogen-bond donors (Lipinski definition) is 3. The van der Waals surface area contributed by atoms with Gasteiger partial charge in [0.25, 0.3) is 5.91 Å². The Labute approximate surface area is 181 Å². The fraction of sp³-hybridized carbons (Fsp3) is 0.273. The van der Waals surface area contributed by atoms with Gasteiger partial charge in [0.15, 0.2) is 0 Å². The maximum absolute atomic E-state index is 12.9. The van der Waals surface area contributed by atoms with Gasteiger partial charge in [-0.05, 0) is 61.4 Å². The summed E-state index contributed by atoms with van der Waals surface area (Å²) in [5, 5.41) is 14.8. The molecular weight excluding hydrogens is 399 g/mol. The lowest BCUT2D eigenvalue weighted by atomic mass is 9.78. The molecule has 0 radical (unpaired) electrons. The van der Waals surface area contributed by atoms with Crippen molar-refractivity contribution in [1.82, 2.24) is 15.1 Å². The highest BCUT2D eigenvalue weighted by atomic mass is 35.5. The molecule has 0 saturated carbocycles. The normalized spacial score (nSPS) is 14.5. The average Bonchev–Trinajstić information content (AvgIpc) is 2.66. The molecule has 2 aromatic carbocycles. The summed E-state index contributed by atoms with van der Waals surface area (Å²) in [6.07, 6.45) is 1.68. The minimum Gasteiger partial charge on any atom is -0.437 e. The maximum atomic E-state index is 12.9. The van der Waals surface area contributed by atoms with Gasteiger partial charge in [0.05, 0.1) is 5.56 Å². The van der Waals surface area contributed by atoms with Crippen molar-refractivity contribution in [1.29, 1.82) is 0 Å². The van der Waals surface area contributed by atoms with Crippen LogP contribution in [-0.4, -0.2) is 47.4 Å². The molecular formula is C22H24BClN4O2. The van der Waals surface area contributed by atoms with Crippen LogP contribution in [0.25, 0.3) is 21.9 Å². The molecule has 4 rings (SSSR count). The van der Waals surface area contributed by atoms with Crippen molar-refractivity contribution < 1.29 is 9.82 Å². The van der Waals surface area contributed by atoms with Crippen LogP contribution in [0.4, 0.5) is 5.82 Å². The Morgan fingerprint density at radius 2 is 2.13 bits per heavy atom. The summed E-state index contributed by atoms with van der Waals surface area (Å²) in [6, 6.07) is 11.7. The monoisotopic (exact) mass is 422 g/mol. The number of anilines is 1. The first-order valence-corrected chi connectivity index (χ1v) is 10.4. The summed E-state index contributed by atoms with van der Waals surface area (Å²) in [5.41, 5.74) is 9.47. The number of pyridine rings is 1. The molecule has 1 saturated heterocycles. The molecule has 8 heteroatoms. The molecule has 1 aliphatic heterocycles. The number of hydrogen-bond acceptors (Lipinski definition) is 5. The molecule has 30 heavy (non-hydrogen) atoms. The maximum Gasteiger partial charge on any atom is 0.376 e. The molecule has 6 nitrogen and oxygen atoms in total. The fourth-order valence-electron chi connectivity index (χ4n) is 4.00. The highest BCUT2D eigenvalue weighted by Crippen LogP contribution is 2.34. The van der Waals surface area contributed by atoms with Gasteiger partial charge < -0.3 is 20.9 Å². The molecule has 1 aromatic heterocycles. The Morgan fingerprint density at radius 3 is 2.83 bits per heavy atom. The summed E-state index contributed by atoms with van der Waals surface area (Å²) in [6.45, 7) is 5.83. The number of halogens is 1. The molecule has 0 spiro atoms. The number of aryl methyl sites for hydroxylation is 1. The van der Waals surface area contributed by atoms with Gasteiger partial charge in [-0.1, -0.05) is 35.9 Å². The van der Waals surface area contributed by atoms with Gasteiger partial charge in [-0.2, -0.15) is 0 Å². The van der Waals surface area contributed by atoms with E-state index in [9.17, 15) is 9.82 Å².